The second kappa shape index (κ2) is 8.03. The third kappa shape index (κ3) is 3.87. The molecule has 2 aliphatic heterocycles. The summed E-state index contributed by atoms with van der Waals surface area (Å²) in [5.41, 5.74) is 0.822. The molecule has 26 heavy (non-hydrogen) atoms. The van der Waals surface area contributed by atoms with Crippen molar-refractivity contribution in [1.29, 1.82) is 0 Å². The fraction of sp³-hybridized carbons (Fsp3) is 0.421. The second-order valence-corrected chi connectivity index (χ2v) is 6.42. The van der Waals surface area contributed by atoms with Crippen molar-refractivity contribution in [2.45, 2.75) is 25.7 Å². The molecule has 1 N–H and O–H groups in total. The van der Waals surface area contributed by atoms with Crippen molar-refractivity contribution in [1.82, 2.24) is 15.1 Å². The van der Waals surface area contributed by atoms with Gasteiger partial charge in [0.1, 0.15) is 18.0 Å². The van der Waals surface area contributed by atoms with E-state index < -0.39 is 11.9 Å². The first-order valence-corrected chi connectivity index (χ1v) is 8.85. The molecule has 0 aliphatic carbocycles. The number of hydrogen-bond donors (Lipinski definition) is 1. The van der Waals surface area contributed by atoms with Gasteiger partial charge in [0, 0.05) is 18.7 Å². The quantitative estimate of drug-likeness (QED) is 0.660. The molecule has 2 heterocycles. The summed E-state index contributed by atoms with van der Waals surface area (Å²) in [6.07, 6.45) is 5.71. The first kappa shape index (κ1) is 18.0. The van der Waals surface area contributed by atoms with E-state index >= 15 is 0 Å². The lowest BCUT2D eigenvalue weighted by molar-refractivity contribution is -0.135. The molecule has 4 amide bonds. The number of carbonyl (C=O) groups excluding carboxylic acids is 3. The number of methoxy groups -OCH3 is 1. The van der Waals surface area contributed by atoms with Gasteiger partial charge in [0.05, 0.1) is 7.11 Å². The molecule has 0 radical (unpaired) electrons. The van der Waals surface area contributed by atoms with Crippen molar-refractivity contribution in [2.24, 2.45) is 0 Å². The van der Waals surface area contributed by atoms with Crippen LogP contribution in [0.3, 0.4) is 0 Å². The van der Waals surface area contributed by atoms with Gasteiger partial charge in [-0.25, -0.2) is 9.69 Å². The zero-order valence-electron chi connectivity index (χ0n) is 14.9. The van der Waals surface area contributed by atoms with Crippen molar-refractivity contribution in [3.63, 3.8) is 0 Å². The van der Waals surface area contributed by atoms with Gasteiger partial charge in [0.25, 0.3) is 5.91 Å². The molecule has 0 unspecified atom stereocenters. The van der Waals surface area contributed by atoms with Crippen molar-refractivity contribution in [2.75, 3.05) is 26.7 Å². The number of rotatable bonds is 4. The summed E-state index contributed by atoms with van der Waals surface area (Å²) in [5, 5.41) is 2.55. The highest BCUT2D eigenvalue weighted by atomic mass is 16.5. The molecule has 7 heteroatoms. The van der Waals surface area contributed by atoms with Crippen LogP contribution in [0.1, 0.15) is 31.2 Å². The van der Waals surface area contributed by atoms with Crippen LogP contribution in [0.15, 0.2) is 30.0 Å². The van der Waals surface area contributed by atoms with Gasteiger partial charge in [-0.3, -0.25) is 9.59 Å². The Morgan fingerprint density at radius 1 is 1.15 bits per heavy atom. The maximum atomic E-state index is 12.6. The van der Waals surface area contributed by atoms with Crippen molar-refractivity contribution in [3.8, 4) is 5.75 Å². The number of benzene rings is 1. The number of urea groups is 1. The molecule has 7 nitrogen and oxygen atoms in total. The van der Waals surface area contributed by atoms with Crippen LogP contribution >= 0.6 is 0 Å². The van der Waals surface area contributed by atoms with Gasteiger partial charge in [-0.15, -0.1) is 0 Å². The van der Waals surface area contributed by atoms with E-state index in [0.717, 1.165) is 30.6 Å². The average Bonchev–Trinajstić information content (AvgIpc) is 2.86. The molecule has 0 aromatic heterocycles. The number of ether oxygens (including phenoxy) is 1. The molecule has 0 bridgehead atoms. The summed E-state index contributed by atoms with van der Waals surface area (Å²) in [5.74, 6) is -0.0841. The molecular weight excluding hydrogens is 334 g/mol. The Hall–Kier alpha value is -2.83. The minimum atomic E-state index is -0.570. The lowest BCUT2D eigenvalue weighted by Gasteiger charge is -2.22. The molecule has 2 aliphatic rings. The van der Waals surface area contributed by atoms with Crippen LogP contribution in [0.5, 0.6) is 5.75 Å². The maximum Gasteiger partial charge on any atom is 0.329 e. The van der Waals surface area contributed by atoms with Crippen LogP contribution in [0.25, 0.3) is 6.08 Å². The Kier molecular flexibility index (Phi) is 5.55. The van der Waals surface area contributed by atoms with Gasteiger partial charge < -0.3 is 15.0 Å². The van der Waals surface area contributed by atoms with E-state index in [1.807, 2.05) is 12.1 Å². The number of nitrogens with zero attached hydrogens (tertiary/aromatic N) is 2. The standard InChI is InChI=1S/C19H23N3O4/c1-26-16-9-5-4-8-14(16)12-15-18(24)22(19(25)20-15)13-17(23)21-10-6-2-3-7-11-21/h4-5,8-9,12H,2-3,6-7,10-11,13H2,1H3,(H,20,25)/b15-12-. The Morgan fingerprint density at radius 2 is 1.85 bits per heavy atom. The highest BCUT2D eigenvalue weighted by Gasteiger charge is 2.36. The molecule has 1 aromatic carbocycles. The third-order valence-electron chi connectivity index (χ3n) is 4.65. The Morgan fingerprint density at radius 3 is 2.54 bits per heavy atom. The smallest absolute Gasteiger partial charge is 0.329 e. The van der Waals surface area contributed by atoms with E-state index in [1.165, 1.54) is 0 Å². The predicted octanol–water partition coefficient (Wildman–Crippen LogP) is 1.99. The first-order chi connectivity index (χ1) is 12.6. The van der Waals surface area contributed by atoms with E-state index in [9.17, 15) is 14.4 Å². The molecule has 3 rings (SSSR count). The summed E-state index contributed by atoms with van der Waals surface area (Å²) in [4.78, 5) is 39.9. The van der Waals surface area contributed by atoms with Crippen LogP contribution in [0.4, 0.5) is 4.79 Å². The number of imide groups is 1. The van der Waals surface area contributed by atoms with Crippen LogP contribution < -0.4 is 10.1 Å². The van der Waals surface area contributed by atoms with Crippen molar-refractivity contribution in [3.05, 3.63) is 35.5 Å². The van der Waals surface area contributed by atoms with Crippen LogP contribution in [-0.2, 0) is 9.59 Å². The summed E-state index contributed by atoms with van der Waals surface area (Å²) in [6.45, 7) is 1.15. The fourth-order valence-corrected chi connectivity index (χ4v) is 3.21. The van der Waals surface area contributed by atoms with Gasteiger partial charge >= 0.3 is 6.03 Å². The van der Waals surface area contributed by atoms with Gasteiger partial charge in [-0.05, 0) is 25.0 Å². The molecule has 0 spiro atoms. The van der Waals surface area contributed by atoms with Crippen LogP contribution in [-0.4, -0.2) is 54.4 Å². The molecule has 2 saturated heterocycles. The summed E-state index contributed by atoms with van der Waals surface area (Å²) >= 11 is 0. The normalized spacial score (nSPS) is 19.5. The van der Waals surface area contributed by atoms with Crippen LogP contribution in [0.2, 0.25) is 0 Å². The van der Waals surface area contributed by atoms with Crippen molar-refractivity contribution >= 4 is 23.9 Å². The minimum absolute atomic E-state index is 0.142. The fourth-order valence-electron chi connectivity index (χ4n) is 3.21. The highest BCUT2D eigenvalue weighted by molar-refractivity contribution is 6.15. The van der Waals surface area contributed by atoms with E-state index in [4.69, 9.17) is 4.74 Å². The average molecular weight is 357 g/mol. The highest BCUT2D eigenvalue weighted by Crippen LogP contribution is 2.22. The van der Waals surface area contributed by atoms with E-state index in [-0.39, 0.29) is 18.1 Å². The Bertz CT molecular complexity index is 736. The Balaban J connectivity index is 1.72. The molecule has 2 fully saturated rings. The third-order valence-corrected chi connectivity index (χ3v) is 4.65. The molecule has 1 aromatic rings. The number of para-hydroxylation sites is 1. The van der Waals surface area contributed by atoms with Gasteiger partial charge in [-0.2, -0.15) is 0 Å². The summed E-state index contributed by atoms with van der Waals surface area (Å²) < 4.78 is 5.26. The predicted molar refractivity (Wildman–Crippen MR) is 96.3 cm³/mol. The number of amides is 4. The monoisotopic (exact) mass is 357 g/mol. The van der Waals surface area contributed by atoms with Crippen LogP contribution in [0, 0.1) is 0 Å². The van der Waals surface area contributed by atoms with E-state index in [0.29, 0.717) is 24.4 Å². The summed E-state index contributed by atoms with van der Waals surface area (Å²) in [6, 6.07) is 6.63. The molecule has 138 valence electrons. The number of likely N-dealkylation sites (tertiary alicyclic amines) is 1. The van der Waals surface area contributed by atoms with Crippen molar-refractivity contribution < 1.29 is 19.1 Å². The second-order valence-electron chi connectivity index (χ2n) is 6.42. The number of carbonyl (C=O) groups is 3. The zero-order valence-corrected chi connectivity index (χ0v) is 14.9. The molecule has 0 saturated carbocycles. The lowest BCUT2D eigenvalue weighted by Crippen LogP contribution is -2.43. The molecule has 0 atom stereocenters. The van der Waals surface area contributed by atoms with Gasteiger partial charge in [0.2, 0.25) is 5.91 Å². The maximum absolute atomic E-state index is 12.6. The van der Waals surface area contributed by atoms with E-state index in [2.05, 4.69) is 5.32 Å². The number of nitrogens with one attached hydrogen (secondary N) is 1. The lowest BCUT2D eigenvalue weighted by atomic mass is 10.1. The zero-order chi connectivity index (χ0) is 18.5. The van der Waals surface area contributed by atoms with Gasteiger partial charge in [0.15, 0.2) is 0 Å². The summed E-state index contributed by atoms with van der Waals surface area (Å²) in [7, 11) is 1.54. The van der Waals surface area contributed by atoms with E-state index in [1.54, 1.807) is 30.2 Å². The number of hydrogen-bond acceptors (Lipinski definition) is 4. The largest absolute Gasteiger partial charge is 0.496 e. The topological polar surface area (TPSA) is 79.0 Å². The minimum Gasteiger partial charge on any atom is -0.496 e. The SMILES string of the molecule is COc1ccccc1/C=C1\NC(=O)N(CC(=O)N2CCCCCC2)C1=O. The molecular formula is C19H23N3O4. The Labute approximate surface area is 152 Å². The first-order valence-electron chi connectivity index (χ1n) is 8.85. The van der Waals surface area contributed by atoms with Gasteiger partial charge in [-0.1, -0.05) is 31.0 Å².